The average Bonchev–Trinajstić information content (AvgIpc) is 2.67. The van der Waals surface area contributed by atoms with Crippen LogP contribution in [0.5, 0.6) is 17.2 Å². The second-order valence-electron chi connectivity index (χ2n) is 5.37. The summed E-state index contributed by atoms with van der Waals surface area (Å²) in [6.07, 6.45) is 3.23. The van der Waals surface area contributed by atoms with Crippen LogP contribution in [-0.4, -0.2) is 31.9 Å². The summed E-state index contributed by atoms with van der Waals surface area (Å²) in [4.78, 5) is 16.3. The highest BCUT2D eigenvalue weighted by Crippen LogP contribution is 2.35. The van der Waals surface area contributed by atoms with Crippen LogP contribution in [0.4, 0.5) is 0 Å². The topological polar surface area (TPSA) is 115 Å². The molecule has 0 fully saturated rings. The fourth-order valence-electron chi connectivity index (χ4n) is 2.31. The van der Waals surface area contributed by atoms with E-state index in [1.807, 2.05) is 30.3 Å². The number of nitrogens with zero attached hydrogens (tertiary/aromatic N) is 2. The Morgan fingerprint density at radius 3 is 2.04 bits per heavy atom. The molecule has 0 radical (unpaired) electrons. The largest absolute Gasteiger partial charge is 0.504 e. The van der Waals surface area contributed by atoms with Crippen molar-refractivity contribution >= 4 is 11.6 Å². The molecule has 0 aliphatic carbocycles. The lowest BCUT2D eigenvalue weighted by atomic mass is 10.0. The number of phenolic OH excluding ortho intramolecular Hbond substituents is 3. The Morgan fingerprint density at radius 1 is 0.846 bits per heavy atom. The molecular formula is C19H15N3O4. The number of hydrogen-bond acceptors (Lipinski definition) is 6. The van der Waals surface area contributed by atoms with Gasteiger partial charge >= 0.3 is 0 Å². The van der Waals surface area contributed by atoms with Gasteiger partial charge in [0.2, 0.25) is 0 Å². The Kier molecular flexibility index (Phi) is 4.80. The molecular weight excluding hydrogens is 334 g/mol. The molecule has 1 amide bonds. The number of hydrogen-bond donors (Lipinski definition) is 4. The summed E-state index contributed by atoms with van der Waals surface area (Å²) < 4.78 is 0. The van der Waals surface area contributed by atoms with Crippen molar-refractivity contribution in [2.45, 2.75) is 0 Å². The van der Waals surface area contributed by atoms with Gasteiger partial charge in [-0.05, 0) is 24.3 Å². The standard InChI is InChI=1S/C19H15N3O4/c23-15-10-14(11-16(24)18(15)25)19(26)22-21-17(12-4-2-1-3-5-12)13-6-8-20-9-7-13/h1-11,23-25H,(H,22,26). The van der Waals surface area contributed by atoms with Gasteiger partial charge < -0.3 is 15.3 Å². The van der Waals surface area contributed by atoms with Crippen molar-refractivity contribution in [2.24, 2.45) is 5.10 Å². The molecule has 0 bridgehead atoms. The van der Waals surface area contributed by atoms with E-state index in [4.69, 9.17) is 0 Å². The number of hydrazone groups is 1. The number of aromatic nitrogens is 1. The van der Waals surface area contributed by atoms with Gasteiger partial charge in [-0.3, -0.25) is 9.78 Å². The summed E-state index contributed by atoms with van der Waals surface area (Å²) in [5, 5.41) is 32.6. The maximum atomic E-state index is 12.3. The highest BCUT2D eigenvalue weighted by Gasteiger charge is 2.14. The number of carbonyl (C=O) groups excluding carboxylic acids is 1. The van der Waals surface area contributed by atoms with Crippen molar-refractivity contribution in [2.75, 3.05) is 0 Å². The zero-order chi connectivity index (χ0) is 18.5. The van der Waals surface area contributed by atoms with Gasteiger partial charge in [0.25, 0.3) is 5.91 Å². The Labute approximate surface area is 148 Å². The van der Waals surface area contributed by atoms with E-state index in [0.29, 0.717) is 5.71 Å². The molecule has 3 rings (SSSR count). The minimum atomic E-state index is -0.688. The van der Waals surface area contributed by atoms with Crippen LogP contribution in [0, 0.1) is 0 Å². The molecule has 0 aliphatic heterocycles. The molecule has 1 aromatic heterocycles. The third kappa shape index (κ3) is 3.62. The summed E-state index contributed by atoms with van der Waals surface area (Å²) >= 11 is 0. The highest BCUT2D eigenvalue weighted by molar-refractivity contribution is 6.13. The van der Waals surface area contributed by atoms with Crippen molar-refractivity contribution in [3.8, 4) is 17.2 Å². The number of phenols is 3. The van der Waals surface area contributed by atoms with E-state index in [2.05, 4.69) is 15.5 Å². The number of pyridine rings is 1. The second kappa shape index (κ2) is 7.35. The van der Waals surface area contributed by atoms with Gasteiger partial charge in [0.1, 0.15) is 0 Å². The van der Waals surface area contributed by atoms with E-state index in [1.165, 1.54) is 0 Å². The summed E-state index contributed by atoms with van der Waals surface area (Å²) in [6, 6.07) is 14.9. The third-order valence-electron chi connectivity index (χ3n) is 3.60. The van der Waals surface area contributed by atoms with Crippen molar-refractivity contribution in [3.63, 3.8) is 0 Å². The molecule has 4 N–H and O–H groups in total. The van der Waals surface area contributed by atoms with Crippen LogP contribution in [0.25, 0.3) is 0 Å². The molecule has 7 heteroatoms. The molecule has 3 aromatic rings. The van der Waals surface area contributed by atoms with E-state index >= 15 is 0 Å². The first-order valence-corrected chi connectivity index (χ1v) is 7.65. The Hall–Kier alpha value is -3.87. The zero-order valence-corrected chi connectivity index (χ0v) is 13.5. The maximum absolute atomic E-state index is 12.3. The minimum Gasteiger partial charge on any atom is -0.504 e. The number of rotatable bonds is 4. The molecule has 0 saturated carbocycles. The molecule has 2 aromatic carbocycles. The van der Waals surface area contributed by atoms with Crippen molar-refractivity contribution < 1.29 is 20.1 Å². The Bertz CT molecular complexity index is 893. The van der Waals surface area contributed by atoms with E-state index < -0.39 is 23.2 Å². The van der Waals surface area contributed by atoms with Gasteiger partial charge in [0.15, 0.2) is 17.2 Å². The van der Waals surface area contributed by atoms with Crippen LogP contribution in [0.2, 0.25) is 0 Å². The second-order valence-corrected chi connectivity index (χ2v) is 5.37. The fraction of sp³-hybridized carbons (Fsp3) is 0. The lowest BCUT2D eigenvalue weighted by Crippen LogP contribution is -2.20. The number of amides is 1. The smallest absolute Gasteiger partial charge is 0.271 e. The fourth-order valence-corrected chi connectivity index (χ4v) is 2.31. The van der Waals surface area contributed by atoms with Gasteiger partial charge in [-0.15, -0.1) is 0 Å². The van der Waals surface area contributed by atoms with E-state index in [9.17, 15) is 20.1 Å². The van der Waals surface area contributed by atoms with Gasteiger partial charge in [-0.1, -0.05) is 30.3 Å². The van der Waals surface area contributed by atoms with E-state index in [0.717, 1.165) is 23.3 Å². The van der Waals surface area contributed by atoms with Crippen molar-refractivity contribution in [1.82, 2.24) is 10.4 Å². The monoisotopic (exact) mass is 349 g/mol. The summed E-state index contributed by atoms with van der Waals surface area (Å²) in [5.41, 5.74) is 4.40. The van der Waals surface area contributed by atoms with Crippen LogP contribution in [0.3, 0.4) is 0 Å². The molecule has 0 spiro atoms. The van der Waals surface area contributed by atoms with Gasteiger partial charge in [-0.2, -0.15) is 5.10 Å². The van der Waals surface area contributed by atoms with Crippen molar-refractivity contribution in [3.05, 3.63) is 83.7 Å². The Morgan fingerprint density at radius 2 is 1.42 bits per heavy atom. The molecule has 26 heavy (non-hydrogen) atoms. The van der Waals surface area contributed by atoms with Gasteiger partial charge in [-0.25, -0.2) is 5.43 Å². The zero-order valence-electron chi connectivity index (χ0n) is 13.5. The lowest BCUT2D eigenvalue weighted by molar-refractivity contribution is 0.0954. The number of nitrogens with one attached hydrogen (secondary N) is 1. The molecule has 0 unspecified atom stereocenters. The van der Waals surface area contributed by atoms with Gasteiger partial charge in [0.05, 0.1) is 5.71 Å². The van der Waals surface area contributed by atoms with Crippen LogP contribution in [0.15, 0.2) is 72.1 Å². The molecule has 0 saturated heterocycles. The van der Waals surface area contributed by atoms with Crippen LogP contribution in [0.1, 0.15) is 21.5 Å². The van der Waals surface area contributed by atoms with E-state index in [-0.39, 0.29) is 5.56 Å². The lowest BCUT2D eigenvalue weighted by Gasteiger charge is -2.08. The predicted octanol–water partition coefficient (Wildman–Crippen LogP) is 2.38. The van der Waals surface area contributed by atoms with Crippen LogP contribution < -0.4 is 5.43 Å². The Balaban J connectivity index is 1.93. The van der Waals surface area contributed by atoms with Gasteiger partial charge in [0, 0.05) is 29.1 Å². The minimum absolute atomic E-state index is 0.0521. The first kappa shape index (κ1) is 17.0. The number of aromatic hydroxyl groups is 3. The first-order valence-electron chi connectivity index (χ1n) is 7.65. The van der Waals surface area contributed by atoms with Crippen molar-refractivity contribution in [1.29, 1.82) is 0 Å². The predicted molar refractivity (Wildman–Crippen MR) is 95.2 cm³/mol. The summed E-state index contributed by atoms with van der Waals surface area (Å²) in [7, 11) is 0. The SMILES string of the molecule is O=C(NN=C(c1ccccc1)c1ccncc1)c1cc(O)c(O)c(O)c1. The molecule has 130 valence electrons. The normalized spacial score (nSPS) is 11.2. The summed E-state index contributed by atoms with van der Waals surface area (Å²) in [5.74, 6) is -2.54. The van der Waals surface area contributed by atoms with Crippen LogP contribution >= 0.6 is 0 Å². The third-order valence-corrected chi connectivity index (χ3v) is 3.60. The quantitative estimate of drug-likeness (QED) is 0.328. The molecule has 0 atom stereocenters. The number of benzene rings is 2. The molecule has 1 heterocycles. The summed E-state index contributed by atoms with van der Waals surface area (Å²) in [6.45, 7) is 0. The average molecular weight is 349 g/mol. The van der Waals surface area contributed by atoms with E-state index in [1.54, 1.807) is 24.5 Å². The highest BCUT2D eigenvalue weighted by atomic mass is 16.3. The van der Waals surface area contributed by atoms with Crippen LogP contribution in [-0.2, 0) is 0 Å². The molecule has 7 nitrogen and oxygen atoms in total. The molecule has 0 aliphatic rings. The maximum Gasteiger partial charge on any atom is 0.271 e. The first-order chi connectivity index (χ1) is 12.6. The number of carbonyl (C=O) groups is 1.